The molecule has 6 nitrogen and oxygen atoms in total. The first-order chi connectivity index (χ1) is 11.0. The van der Waals surface area contributed by atoms with Crippen LogP contribution < -0.4 is 5.73 Å². The number of nitrogens with zero attached hydrogens (tertiary/aromatic N) is 2. The highest BCUT2D eigenvalue weighted by Crippen LogP contribution is 2.35. The third-order valence-electron chi connectivity index (χ3n) is 4.12. The fraction of sp³-hybridized carbons (Fsp3) is 0.467. The number of halogens is 2. The van der Waals surface area contributed by atoms with Gasteiger partial charge in [-0.1, -0.05) is 0 Å². The zero-order chi connectivity index (χ0) is 16.6. The van der Waals surface area contributed by atoms with Crippen molar-refractivity contribution < 1.29 is 18.7 Å². The average molecular weight is 386 g/mol. The first-order valence-electron chi connectivity index (χ1n) is 7.40. The zero-order valence-corrected chi connectivity index (χ0v) is 14.0. The second-order valence-corrected chi connectivity index (χ2v) is 6.55. The van der Waals surface area contributed by atoms with Crippen LogP contribution in [0.25, 0.3) is 0 Å². The number of carbonyl (C=O) groups is 2. The van der Waals surface area contributed by atoms with Crippen molar-refractivity contribution in [3.63, 3.8) is 0 Å². The van der Waals surface area contributed by atoms with Gasteiger partial charge in [-0.25, -0.2) is 9.18 Å². The van der Waals surface area contributed by atoms with Gasteiger partial charge >= 0.3 is 6.09 Å². The van der Waals surface area contributed by atoms with Crippen molar-refractivity contribution >= 4 is 27.9 Å². The van der Waals surface area contributed by atoms with E-state index < -0.39 is 6.09 Å². The normalized spacial score (nSPS) is 18.1. The smallest absolute Gasteiger partial charge is 0.404 e. The number of nitrogens with two attached hydrogens (primary N) is 1. The molecule has 0 unspecified atom stereocenters. The Morgan fingerprint density at radius 2 is 2.26 bits per heavy atom. The molecule has 0 saturated heterocycles. The Morgan fingerprint density at radius 1 is 1.52 bits per heavy atom. The molecule has 0 bridgehead atoms. The van der Waals surface area contributed by atoms with Crippen LogP contribution in [0.5, 0.6) is 0 Å². The van der Waals surface area contributed by atoms with Crippen LogP contribution in [0.1, 0.15) is 28.8 Å². The van der Waals surface area contributed by atoms with Gasteiger partial charge in [-0.3, -0.25) is 4.79 Å². The van der Waals surface area contributed by atoms with Gasteiger partial charge in [-0.05, 0) is 40.8 Å². The lowest BCUT2D eigenvalue weighted by molar-refractivity contribution is 0.0727. The lowest BCUT2D eigenvalue weighted by atomic mass is 10.0. The number of aromatic nitrogens is 1. The molecule has 0 radical (unpaired) electrons. The van der Waals surface area contributed by atoms with E-state index in [1.165, 1.54) is 0 Å². The fourth-order valence-electron chi connectivity index (χ4n) is 2.83. The van der Waals surface area contributed by atoms with E-state index >= 15 is 0 Å². The maximum absolute atomic E-state index is 13.0. The van der Waals surface area contributed by atoms with Crippen molar-refractivity contribution in [3.05, 3.63) is 33.8 Å². The minimum atomic E-state index is -0.953. The summed E-state index contributed by atoms with van der Waals surface area (Å²) in [6.45, 7) is 0.674. The van der Waals surface area contributed by atoms with Crippen molar-refractivity contribution in [2.45, 2.75) is 31.8 Å². The highest BCUT2D eigenvalue weighted by molar-refractivity contribution is 9.10. The number of hydrogen-bond donors (Lipinski definition) is 1. The summed E-state index contributed by atoms with van der Waals surface area (Å²) in [5.74, 6) is 0.0346. The van der Waals surface area contributed by atoms with Crippen molar-refractivity contribution in [2.24, 2.45) is 5.73 Å². The summed E-state index contributed by atoms with van der Waals surface area (Å²) < 4.78 is 20.1. The maximum atomic E-state index is 13.0. The number of fused-ring (bicyclic) bond motifs is 1. The molecule has 2 aliphatic rings. The quantitative estimate of drug-likeness (QED) is 0.844. The third-order valence-corrected chi connectivity index (χ3v) is 5.05. The number of hydrogen-bond acceptors (Lipinski definition) is 3. The summed E-state index contributed by atoms with van der Waals surface area (Å²) in [5, 5.41) is 0. The van der Waals surface area contributed by atoms with Gasteiger partial charge in [-0.15, -0.1) is 0 Å². The van der Waals surface area contributed by atoms with Crippen molar-refractivity contribution in [2.75, 3.05) is 13.2 Å². The van der Waals surface area contributed by atoms with Crippen LogP contribution in [0.3, 0.4) is 0 Å². The molecular weight excluding hydrogens is 369 g/mol. The van der Waals surface area contributed by atoms with Crippen LogP contribution in [0, 0.1) is 0 Å². The van der Waals surface area contributed by atoms with E-state index in [1.54, 1.807) is 10.8 Å². The second-order valence-electron chi connectivity index (χ2n) is 5.79. The summed E-state index contributed by atoms with van der Waals surface area (Å²) >= 11 is 3.48. The van der Waals surface area contributed by atoms with Crippen molar-refractivity contribution in [3.8, 4) is 0 Å². The molecule has 1 fully saturated rings. The largest absolute Gasteiger partial charge is 0.445 e. The summed E-state index contributed by atoms with van der Waals surface area (Å²) in [4.78, 5) is 25.1. The molecule has 3 rings (SSSR count). The second kappa shape index (κ2) is 6.35. The minimum Gasteiger partial charge on any atom is -0.445 e. The summed E-state index contributed by atoms with van der Waals surface area (Å²) in [5.41, 5.74) is 6.74. The van der Waals surface area contributed by atoms with Crippen LogP contribution in [0.4, 0.5) is 9.18 Å². The van der Waals surface area contributed by atoms with Gasteiger partial charge < -0.3 is 19.9 Å². The van der Waals surface area contributed by atoms with Gasteiger partial charge in [0, 0.05) is 30.9 Å². The first-order valence-corrected chi connectivity index (χ1v) is 8.19. The minimum absolute atomic E-state index is 0.0346. The average Bonchev–Trinajstić information content (AvgIpc) is 3.30. The van der Waals surface area contributed by atoms with Gasteiger partial charge in [0.25, 0.3) is 5.91 Å². The Balaban J connectivity index is 1.78. The van der Waals surface area contributed by atoms with Crippen LogP contribution in [-0.4, -0.2) is 40.7 Å². The Kier molecular flexibility index (Phi) is 4.43. The lowest BCUT2D eigenvalue weighted by Gasteiger charge is -2.26. The monoisotopic (exact) mass is 385 g/mol. The first kappa shape index (κ1) is 16.0. The molecule has 0 aromatic carbocycles. The lowest BCUT2D eigenvalue weighted by Crippen LogP contribution is -2.38. The van der Waals surface area contributed by atoms with Crippen LogP contribution in [0.15, 0.2) is 22.7 Å². The predicted molar refractivity (Wildman–Crippen MR) is 84.6 cm³/mol. The molecule has 2 heterocycles. The number of carbonyl (C=O) groups excluding carboxylic acids is 2. The van der Waals surface area contributed by atoms with Crippen molar-refractivity contribution in [1.29, 1.82) is 0 Å². The number of ether oxygens (including phenoxy) is 1. The van der Waals surface area contributed by atoms with E-state index in [4.69, 9.17) is 5.73 Å². The number of amides is 2. The molecule has 0 spiro atoms. The molecule has 1 aromatic heterocycles. The van der Waals surface area contributed by atoms with E-state index in [0.29, 0.717) is 17.9 Å². The van der Waals surface area contributed by atoms with E-state index in [0.717, 1.165) is 36.0 Å². The Labute approximate surface area is 141 Å². The molecule has 1 aliphatic heterocycles. The SMILES string of the molecule is NC(=O)OCC(=CF)Cn1cc2c(c1Br)CCN(C1CC1)C2=O. The van der Waals surface area contributed by atoms with E-state index in [-0.39, 0.29) is 24.6 Å². The standard InChI is InChI=1S/C15H17BrFN3O3/c16-13-11-3-4-20(10-1-2-10)14(21)12(11)7-19(13)6-9(5-17)8-23-15(18)22/h5,7,10H,1-4,6,8H2,(H2,18,22). The molecule has 1 aliphatic carbocycles. The number of primary amides is 1. The molecule has 23 heavy (non-hydrogen) atoms. The van der Waals surface area contributed by atoms with Gasteiger partial charge in [0.2, 0.25) is 0 Å². The Hall–Kier alpha value is -1.83. The molecule has 2 amide bonds. The van der Waals surface area contributed by atoms with E-state index in [9.17, 15) is 14.0 Å². The molecule has 124 valence electrons. The topological polar surface area (TPSA) is 77.6 Å². The maximum Gasteiger partial charge on any atom is 0.404 e. The fourth-order valence-corrected chi connectivity index (χ4v) is 3.47. The highest BCUT2D eigenvalue weighted by atomic mass is 79.9. The molecular formula is C15H17BrFN3O3. The zero-order valence-electron chi connectivity index (χ0n) is 12.4. The van der Waals surface area contributed by atoms with Crippen LogP contribution in [-0.2, 0) is 17.7 Å². The van der Waals surface area contributed by atoms with Gasteiger partial charge in [0.05, 0.1) is 16.5 Å². The molecule has 1 aromatic rings. The molecule has 1 saturated carbocycles. The van der Waals surface area contributed by atoms with Gasteiger partial charge in [-0.2, -0.15) is 0 Å². The summed E-state index contributed by atoms with van der Waals surface area (Å²) in [7, 11) is 0. The Bertz CT molecular complexity index is 682. The van der Waals surface area contributed by atoms with E-state index in [1.807, 2.05) is 4.90 Å². The van der Waals surface area contributed by atoms with Gasteiger partial charge in [0.1, 0.15) is 6.61 Å². The molecule has 2 N–H and O–H groups in total. The van der Waals surface area contributed by atoms with Crippen LogP contribution in [0.2, 0.25) is 0 Å². The Morgan fingerprint density at radius 3 is 2.87 bits per heavy atom. The summed E-state index contributed by atoms with van der Waals surface area (Å²) in [6.07, 6.45) is 4.09. The highest BCUT2D eigenvalue weighted by Gasteiger charge is 2.37. The third kappa shape index (κ3) is 3.26. The summed E-state index contributed by atoms with van der Waals surface area (Å²) in [6, 6.07) is 0.378. The number of rotatable bonds is 5. The molecule has 0 atom stereocenters. The van der Waals surface area contributed by atoms with Gasteiger partial charge in [0.15, 0.2) is 0 Å². The van der Waals surface area contributed by atoms with Crippen molar-refractivity contribution in [1.82, 2.24) is 9.47 Å². The van der Waals surface area contributed by atoms with E-state index in [2.05, 4.69) is 20.7 Å². The molecule has 8 heteroatoms. The van der Waals surface area contributed by atoms with Crippen LogP contribution >= 0.6 is 15.9 Å². The predicted octanol–water partition coefficient (Wildman–Crippen LogP) is 2.36.